The molecule has 2 heteroatoms. The van der Waals surface area contributed by atoms with Gasteiger partial charge in [-0.3, -0.25) is 0 Å². The average molecular weight is 344 g/mol. The summed E-state index contributed by atoms with van der Waals surface area (Å²) >= 11 is 0. The summed E-state index contributed by atoms with van der Waals surface area (Å²) in [5.74, 6) is 3.63. The molecule has 0 unspecified atom stereocenters. The second-order valence-corrected chi connectivity index (χ2v) is 10.1. The largest absolute Gasteiger partial charge is 0.497 e. The second kappa shape index (κ2) is 9.62. The van der Waals surface area contributed by atoms with Crippen molar-refractivity contribution in [1.29, 1.82) is 0 Å². The van der Waals surface area contributed by atoms with Crippen molar-refractivity contribution < 1.29 is 4.74 Å². The summed E-state index contributed by atoms with van der Waals surface area (Å²) in [5.41, 5.74) is 3.43. The summed E-state index contributed by atoms with van der Waals surface area (Å²) in [6.45, 7) is 0. The predicted octanol–water partition coefficient (Wildman–Crippen LogP) is 6.90. The van der Waals surface area contributed by atoms with Crippen molar-refractivity contribution in [2.45, 2.75) is 81.9 Å². The highest BCUT2D eigenvalue weighted by atomic mass is 31.1. The number of benzene rings is 1. The van der Waals surface area contributed by atoms with Crippen molar-refractivity contribution >= 4 is 7.92 Å². The second-order valence-electron chi connectivity index (χ2n) is 7.47. The van der Waals surface area contributed by atoms with Crippen LogP contribution in [0.3, 0.4) is 0 Å². The van der Waals surface area contributed by atoms with Crippen LogP contribution in [0.5, 0.6) is 5.75 Å². The molecule has 1 aromatic rings. The first-order valence-electron chi connectivity index (χ1n) is 9.94. The molecule has 3 rings (SSSR count). The third-order valence-corrected chi connectivity index (χ3v) is 9.06. The Bertz CT molecular complexity index is 477. The van der Waals surface area contributed by atoms with E-state index in [1.165, 1.54) is 69.8 Å². The van der Waals surface area contributed by atoms with Crippen molar-refractivity contribution in [2.24, 2.45) is 0 Å². The number of hydrogen-bond acceptors (Lipinski definition) is 1. The molecule has 0 atom stereocenters. The minimum Gasteiger partial charge on any atom is -0.497 e. The first kappa shape index (κ1) is 18.0. The maximum Gasteiger partial charge on any atom is 0.118 e. The van der Waals surface area contributed by atoms with E-state index in [4.69, 9.17) is 4.74 Å². The van der Waals surface area contributed by atoms with E-state index in [-0.39, 0.29) is 7.92 Å². The fraction of sp³-hybridized carbons (Fsp3) is 0.636. The van der Waals surface area contributed by atoms with Gasteiger partial charge in [0.25, 0.3) is 0 Å². The van der Waals surface area contributed by atoms with E-state index in [2.05, 4.69) is 36.2 Å². The van der Waals surface area contributed by atoms with Crippen LogP contribution in [-0.4, -0.2) is 18.4 Å². The lowest BCUT2D eigenvalue weighted by Crippen LogP contribution is -2.19. The summed E-state index contributed by atoms with van der Waals surface area (Å²) < 4.78 is 5.26. The Balaban J connectivity index is 1.62. The zero-order chi connectivity index (χ0) is 16.6. The van der Waals surface area contributed by atoms with Crippen molar-refractivity contribution in [3.05, 3.63) is 41.7 Å². The highest BCUT2D eigenvalue weighted by Gasteiger charge is 2.29. The molecule has 0 heterocycles. The van der Waals surface area contributed by atoms with Gasteiger partial charge in [-0.2, -0.15) is 0 Å². The first-order valence-corrected chi connectivity index (χ1v) is 11.5. The van der Waals surface area contributed by atoms with Crippen LogP contribution >= 0.6 is 7.92 Å². The van der Waals surface area contributed by atoms with Gasteiger partial charge in [-0.1, -0.05) is 70.5 Å². The van der Waals surface area contributed by atoms with E-state index in [0.29, 0.717) is 0 Å². The van der Waals surface area contributed by atoms with E-state index < -0.39 is 0 Å². The molecule has 24 heavy (non-hydrogen) atoms. The van der Waals surface area contributed by atoms with Crippen LogP contribution in [0.4, 0.5) is 0 Å². The van der Waals surface area contributed by atoms with Gasteiger partial charge in [0.15, 0.2) is 0 Å². The Morgan fingerprint density at radius 2 is 1.42 bits per heavy atom. The molecule has 0 saturated heterocycles. The third kappa shape index (κ3) is 5.09. The summed E-state index contributed by atoms with van der Waals surface area (Å²) in [6, 6.07) is 8.56. The smallest absolute Gasteiger partial charge is 0.118 e. The fourth-order valence-electron chi connectivity index (χ4n) is 4.37. The molecule has 0 N–H and O–H groups in total. The first-order chi connectivity index (χ1) is 11.9. The molecule has 132 valence electrons. The molecule has 2 saturated carbocycles. The average Bonchev–Trinajstić information content (AvgIpc) is 2.67. The van der Waals surface area contributed by atoms with E-state index in [1.807, 2.05) is 0 Å². The summed E-state index contributed by atoms with van der Waals surface area (Å²) in [7, 11) is 1.82. The van der Waals surface area contributed by atoms with Crippen molar-refractivity contribution in [1.82, 2.24) is 0 Å². The minimum atomic E-state index is 0.0922. The van der Waals surface area contributed by atoms with E-state index in [0.717, 1.165) is 23.5 Å². The molecule has 0 aliphatic heterocycles. The van der Waals surface area contributed by atoms with Crippen LogP contribution in [0.1, 0.15) is 69.8 Å². The van der Waals surface area contributed by atoms with Crippen LogP contribution in [0, 0.1) is 0 Å². The van der Waals surface area contributed by atoms with Gasteiger partial charge < -0.3 is 4.74 Å². The number of methoxy groups -OCH3 is 1. The lowest BCUT2D eigenvalue weighted by atomic mass is 9.99. The van der Waals surface area contributed by atoms with Crippen LogP contribution in [0.15, 0.2) is 36.2 Å². The van der Waals surface area contributed by atoms with Gasteiger partial charge in [-0.25, -0.2) is 0 Å². The number of rotatable bonds is 6. The molecular weight excluding hydrogens is 311 g/mol. The van der Waals surface area contributed by atoms with Gasteiger partial charge in [0.2, 0.25) is 0 Å². The Kier molecular flexibility index (Phi) is 7.21. The maximum atomic E-state index is 5.26. The van der Waals surface area contributed by atoms with Gasteiger partial charge in [-0.15, -0.1) is 0 Å². The zero-order valence-electron chi connectivity index (χ0n) is 15.3. The van der Waals surface area contributed by atoms with Crippen molar-refractivity contribution in [3.63, 3.8) is 0 Å². The number of ether oxygens (including phenoxy) is 1. The molecule has 0 bridgehead atoms. The Labute approximate surface area is 149 Å². The van der Waals surface area contributed by atoms with Gasteiger partial charge in [0, 0.05) is 0 Å². The summed E-state index contributed by atoms with van der Waals surface area (Å²) in [6.07, 6.45) is 18.4. The molecule has 2 fully saturated rings. The van der Waals surface area contributed by atoms with E-state index in [1.54, 1.807) is 7.11 Å². The summed E-state index contributed by atoms with van der Waals surface area (Å²) in [4.78, 5) is 0. The highest BCUT2D eigenvalue weighted by Crippen LogP contribution is 2.56. The van der Waals surface area contributed by atoms with Gasteiger partial charge >= 0.3 is 0 Å². The van der Waals surface area contributed by atoms with Crippen molar-refractivity contribution in [3.8, 4) is 5.75 Å². The topological polar surface area (TPSA) is 9.23 Å². The van der Waals surface area contributed by atoms with Crippen LogP contribution in [0.25, 0.3) is 0 Å². The summed E-state index contributed by atoms with van der Waals surface area (Å²) in [5, 5.41) is 0. The third-order valence-electron chi connectivity index (χ3n) is 5.78. The number of allylic oxidation sites excluding steroid dienone is 1. The van der Waals surface area contributed by atoms with Crippen LogP contribution in [-0.2, 0) is 6.42 Å². The van der Waals surface area contributed by atoms with Crippen molar-refractivity contribution in [2.75, 3.05) is 7.11 Å². The molecule has 0 spiro atoms. The predicted molar refractivity (Wildman–Crippen MR) is 107 cm³/mol. The quantitative estimate of drug-likeness (QED) is 0.510. The standard InChI is InChI=1S/C22H33OP/c1-23-20-16-14-19(15-17-20)9-8-18-24(21-10-4-2-5-11-21)22-12-6-3-7-13-22/h8,14-18,21-22H,2-7,9-13H2,1H3. The molecule has 0 amide bonds. The molecule has 2 aliphatic carbocycles. The van der Waals surface area contributed by atoms with E-state index in [9.17, 15) is 0 Å². The molecule has 2 aliphatic rings. The van der Waals surface area contributed by atoms with E-state index >= 15 is 0 Å². The Hall–Kier alpha value is -0.810. The fourth-order valence-corrected chi connectivity index (χ4v) is 7.73. The van der Waals surface area contributed by atoms with Crippen LogP contribution < -0.4 is 4.74 Å². The van der Waals surface area contributed by atoms with Gasteiger partial charge in [0.1, 0.15) is 5.75 Å². The zero-order valence-corrected chi connectivity index (χ0v) is 16.1. The monoisotopic (exact) mass is 344 g/mol. The molecular formula is C22H33OP. The van der Waals surface area contributed by atoms with Gasteiger partial charge in [-0.05, 0) is 61.1 Å². The normalized spacial score (nSPS) is 20.8. The maximum absolute atomic E-state index is 5.26. The SMILES string of the molecule is COc1ccc(CC=CP(C2CCCCC2)C2CCCCC2)cc1. The molecule has 0 radical (unpaired) electrons. The number of hydrogen-bond donors (Lipinski definition) is 0. The lowest BCUT2D eigenvalue weighted by Gasteiger charge is -2.36. The Morgan fingerprint density at radius 1 is 0.875 bits per heavy atom. The molecule has 1 nitrogen and oxygen atoms in total. The minimum absolute atomic E-state index is 0.0922. The van der Waals surface area contributed by atoms with Gasteiger partial charge in [0.05, 0.1) is 7.11 Å². The molecule has 0 aromatic heterocycles. The lowest BCUT2D eigenvalue weighted by molar-refractivity contribution is 0.414. The highest BCUT2D eigenvalue weighted by molar-refractivity contribution is 7.62. The Morgan fingerprint density at radius 3 is 1.92 bits per heavy atom. The molecule has 1 aromatic carbocycles. The van der Waals surface area contributed by atoms with Crippen LogP contribution in [0.2, 0.25) is 0 Å².